The summed E-state index contributed by atoms with van der Waals surface area (Å²) < 4.78 is 23.1. The molecule has 1 heterocycles. The van der Waals surface area contributed by atoms with Gasteiger partial charge in [-0.15, -0.1) is 0 Å². The lowest BCUT2D eigenvalue weighted by Gasteiger charge is -2.26. The maximum atomic E-state index is 11.5. The largest absolute Gasteiger partial charge is 0.387 e. The quantitative estimate of drug-likeness (QED) is 0.680. The van der Waals surface area contributed by atoms with Crippen LogP contribution in [-0.4, -0.2) is 30.6 Å². The van der Waals surface area contributed by atoms with E-state index in [0.717, 1.165) is 12.8 Å². The molecule has 0 aromatic rings. The van der Waals surface area contributed by atoms with E-state index in [4.69, 9.17) is 0 Å². The summed E-state index contributed by atoms with van der Waals surface area (Å²) in [6, 6.07) is 0. The van der Waals surface area contributed by atoms with Crippen LogP contribution < -0.4 is 0 Å². The van der Waals surface area contributed by atoms with Crippen LogP contribution in [0.15, 0.2) is 12.2 Å². The van der Waals surface area contributed by atoms with Crippen molar-refractivity contribution in [3.8, 4) is 0 Å². The van der Waals surface area contributed by atoms with Crippen molar-refractivity contribution in [3.63, 3.8) is 0 Å². The standard InChI is InChI=1S/C9H16O3S/c1-7(2)9(10)8-5-3-4-6-13(8,11)12/h8-10H,1,3-6H2,2H3. The first-order valence-electron chi connectivity index (χ1n) is 4.50. The van der Waals surface area contributed by atoms with Crippen LogP contribution in [0.5, 0.6) is 0 Å². The second-order valence-corrected chi connectivity index (χ2v) is 6.03. The number of aliphatic hydroxyl groups is 1. The van der Waals surface area contributed by atoms with Crippen LogP contribution in [0.25, 0.3) is 0 Å². The topological polar surface area (TPSA) is 54.4 Å². The van der Waals surface area contributed by atoms with Crippen molar-refractivity contribution in [3.05, 3.63) is 12.2 Å². The highest BCUT2D eigenvalue weighted by Gasteiger charge is 2.34. The predicted molar refractivity (Wildman–Crippen MR) is 52.2 cm³/mol. The molecule has 13 heavy (non-hydrogen) atoms. The minimum atomic E-state index is -3.08. The van der Waals surface area contributed by atoms with Crippen LogP contribution >= 0.6 is 0 Å². The molecule has 0 saturated carbocycles. The van der Waals surface area contributed by atoms with Gasteiger partial charge in [0.15, 0.2) is 9.84 Å². The molecular weight excluding hydrogens is 188 g/mol. The highest BCUT2D eigenvalue weighted by atomic mass is 32.2. The molecule has 0 aromatic carbocycles. The van der Waals surface area contributed by atoms with Gasteiger partial charge in [0.05, 0.1) is 17.1 Å². The molecule has 1 aliphatic rings. The van der Waals surface area contributed by atoms with E-state index in [1.165, 1.54) is 0 Å². The van der Waals surface area contributed by atoms with Gasteiger partial charge < -0.3 is 5.11 Å². The number of hydrogen-bond donors (Lipinski definition) is 1. The van der Waals surface area contributed by atoms with Gasteiger partial charge in [-0.1, -0.05) is 18.6 Å². The molecular formula is C9H16O3S. The number of rotatable bonds is 2. The molecule has 0 aromatic heterocycles. The van der Waals surface area contributed by atoms with Gasteiger partial charge in [-0.3, -0.25) is 0 Å². The van der Waals surface area contributed by atoms with Crippen LogP contribution in [0.1, 0.15) is 26.2 Å². The summed E-state index contributed by atoms with van der Waals surface area (Å²) in [6.45, 7) is 5.24. The van der Waals surface area contributed by atoms with Crippen molar-refractivity contribution in [2.75, 3.05) is 5.75 Å². The molecule has 0 spiro atoms. The summed E-state index contributed by atoms with van der Waals surface area (Å²) in [7, 11) is -3.08. The zero-order valence-electron chi connectivity index (χ0n) is 7.86. The van der Waals surface area contributed by atoms with Crippen molar-refractivity contribution >= 4 is 9.84 Å². The summed E-state index contributed by atoms with van der Waals surface area (Å²) in [5, 5.41) is 9.00. The van der Waals surface area contributed by atoms with Gasteiger partial charge in [-0.2, -0.15) is 0 Å². The van der Waals surface area contributed by atoms with Crippen molar-refractivity contribution in [1.29, 1.82) is 0 Å². The molecule has 0 radical (unpaired) electrons. The Bertz CT molecular complexity index is 292. The molecule has 0 aliphatic carbocycles. The van der Waals surface area contributed by atoms with Crippen molar-refractivity contribution < 1.29 is 13.5 Å². The van der Waals surface area contributed by atoms with Crippen molar-refractivity contribution in [1.82, 2.24) is 0 Å². The number of aliphatic hydroxyl groups excluding tert-OH is 1. The average Bonchev–Trinajstić information content (AvgIpc) is 2.02. The second kappa shape index (κ2) is 3.80. The Labute approximate surface area is 79.4 Å². The number of sulfone groups is 1. The maximum absolute atomic E-state index is 11.5. The Kier molecular flexibility index (Phi) is 3.14. The summed E-state index contributed by atoms with van der Waals surface area (Å²) in [5.74, 6) is 0.210. The minimum Gasteiger partial charge on any atom is -0.387 e. The van der Waals surface area contributed by atoms with Crippen LogP contribution in [0.2, 0.25) is 0 Å². The van der Waals surface area contributed by atoms with Crippen LogP contribution in [0, 0.1) is 0 Å². The lowest BCUT2D eigenvalue weighted by atomic mass is 10.0. The Balaban J connectivity index is 2.83. The van der Waals surface area contributed by atoms with Gasteiger partial charge in [0.25, 0.3) is 0 Å². The van der Waals surface area contributed by atoms with E-state index in [0.29, 0.717) is 12.0 Å². The highest BCUT2D eigenvalue weighted by Crippen LogP contribution is 2.24. The van der Waals surface area contributed by atoms with E-state index in [9.17, 15) is 13.5 Å². The van der Waals surface area contributed by atoms with Gasteiger partial charge in [0.2, 0.25) is 0 Å². The van der Waals surface area contributed by atoms with Crippen LogP contribution in [0.4, 0.5) is 0 Å². The van der Waals surface area contributed by atoms with Gasteiger partial charge in [0.1, 0.15) is 0 Å². The monoisotopic (exact) mass is 204 g/mol. The molecule has 1 rings (SSSR count). The third kappa shape index (κ3) is 2.31. The molecule has 1 saturated heterocycles. The van der Waals surface area contributed by atoms with E-state index in [1.807, 2.05) is 0 Å². The van der Waals surface area contributed by atoms with Gasteiger partial charge in [-0.05, 0) is 19.8 Å². The first-order valence-corrected chi connectivity index (χ1v) is 6.22. The highest BCUT2D eigenvalue weighted by molar-refractivity contribution is 7.92. The molecule has 76 valence electrons. The Morgan fingerprint density at radius 2 is 2.15 bits per heavy atom. The summed E-state index contributed by atoms with van der Waals surface area (Å²) >= 11 is 0. The molecule has 1 aliphatic heterocycles. The van der Waals surface area contributed by atoms with E-state index < -0.39 is 21.2 Å². The summed E-state index contributed by atoms with van der Waals surface area (Å²) in [4.78, 5) is 0. The van der Waals surface area contributed by atoms with E-state index >= 15 is 0 Å². The van der Waals surface area contributed by atoms with Crippen LogP contribution in [0.3, 0.4) is 0 Å². The van der Waals surface area contributed by atoms with E-state index in [2.05, 4.69) is 6.58 Å². The molecule has 0 amide bonds. The maximum Gasteiger partial charge on any atom is 0.156 e. The molecule has 0 bridgehead atoms. The fourth-order valence-electron chi connectivity index (χ4n) is 1.65. The summed E-state index contributed by atoms with van der Waals surface area (Å²) in [5.41, 5.74) is 0.537. The predicted octanol–water partition coefficient (Wildman–Crippen LogP) is 0.891. The summed E-state index contributed by atoms with van der Waals surface area (Å²) in [6.07, 6.45) is 1.29. The Morgan fingerprint density at radius 1 is 1.54 bits per heavy atom. The van der Waals surface area contributed by atoms with Crippen molar-refractivity contribution in [2.45, 2.75) is 37.5 Å². The average molecular weight is 204 g/mol. The van der Waals surface area contributed by atoms with E-state index in [-0.39, 0.29) is 5.75 Å². The van der Waals surface area contributed by atoms with Gasteiger partial charge >= 0.3 is 0 Å². The lowest BCUT2D eigenvalue weighted by molar-refractivity contribution is 0.197. The first-order chi connectivity index (χ1) is 5.95. The third-order valence-corrected chi connectivity index (χ3v) is 4.76. The molecule has 1 N–H and O–H groups in total. The van der Waals surface area contributed by atoms with Gasteiger partial charge in [-0.25, -0.2) is 8.42 Å². The van der Waals surface area contributed by atoms with Crippen LogP contribution in [-0.2, 0) is 9.84 Å². The van der Waals surface area contributed by atoms with E-state index in [1.54, 1.807) is 6.92 Å². The minimum absolute atomic E-state index is 0.210. The third-order valence-electron chi connectivity index (χ3n) is 2.49. The molecule has 3 nitrogen and oxygen atoms in total. The number of hydrogen-bond acceptors (Lipinski definition) is 3. The zero-order valence-corrected chi connectivity index (χ0v) is 8.68. The second-order valence-electron chi connectivity index (χ2n) is 3.69. The normalized spacial score (nSPS) is 29.5. The zero-order chi connectivity index (χ0) is 10.1. The van der Waals surface area contributed by atoms with Gasteiger partial charge in [0, 0.05) is 0 Å². The SMILES string of the molecule is C=C(C)C(O)C1CCCCS1(=O)=O. The smallest absolute Gasteiger partial charge is 0.156 e. The molecule has 2 unspecified atom stereocenters. The van der Waals surface area contributed by atoms with Crippen molar-refractivity contribution in [2.24, 2.45) is 0 Å². The fraction of sp³-hybridized carbons (Fsp3) is 0.778. The molecule has 1 fully saturated rings. The fourth-order valence-corrected chi connectivity index (χ4v) is 3.71. The Hall–Kier alpha value is -0.350. The first kappa shape index (κ1) is 10.7. The molecule has 4 heteroatoms. The lowest BCUT2D eigenvalue weighted by Crippen LogP contribution is -2.38. The molecule has 2 atom stereocenters. The Morgan fingerprint density at radius 3 is 2.62 bits per heavy atom.